The number of nitrogens with zero attached hydrogens (tertiary/aromatic N) is 1. The van der Waals surface area contributed by atoms with Gasteiger partial charge in [-0.25, -0.2) is 0 Å². The van der Waals surface area contributed by atoms with E-state index in [1.54, 1.807) is 0 Å². The Morgan fingerprint density at radius 3 is 2.67 bits per heavy atom. The fourth-order valence-electron chi connectivity index (χ4n) is 3.53. The zero-order valence-electron chi connectivity index (χ0n) is 14.8. The molecule has 2 aliphatic rings. The molecule has 0 spiro atoms. The van der Waals surface area contributed by atoms with Crippen molar-refractivity contribution in [2.75, 3.05) is 20.2 Å². The van der Waals surface area contributed by atoms with E-state index in [-0.39, 0.29) is 6.10 Å². The molecule has 1 saturated heterocycles. The lowest BCUT2D eigenvalue weighted by atomic mass is 9.89. The minimum Gasteiger partial charge on any atom is -0.373 e. The Hall–Kier alpha value is -1.81. The van der Waals surface area contributed by atoms with E-state index >= 15 is 0 Å². The van der Waals surface area contributed by atoms with Crippen molar-refractivity contribution in [1.29, 1.82) is 0 Å². The molecule has 2 atom stereocenters. The summed E-state index contributed by atoms with van der Waals surface area (Å²) >= 11 is 0. The summed E-state index contributed by atoms with van der Waals surface area (Å²) in [6.07, 6.45) is 9.12. The number of hydrogen-bond donors (Lipinski definition) is 2. The van der Waals surface area contributed by atoms with Gasteiger partial charge in [0.05, 0.1) is 6.10 Å². The van der Waals surface area contributed by atoms with Gasteiger partial charge in [0.25, 0.3) is 0 Å². The molecule has 24 heavy (non-hydrogen) atoms. The number of guanidine groups is 1. The van der Waals surface area contributed by atoms with Crippen LogP contribution in [0.15, 0.2) is 41.4 Å². The molecular formula is C20H29N3O. The largest absolute Gasteiger partial charge is 0.373 e. The first-order chi connectivity index (χ1) is 11.8. The maximum absolute atomic E-state index is 6.11. The first-order valence-electron chi connectivity index (χ1n) is 9.06. The van der Waals surface area contributed by atoms with Gasteiger partial charge in [-0.05, 0) is 38.2 Å². The fourth-order valence-corrected chi connectivity index (χ4v) is 3.53. The van der Waals surface area contributed by atoms with E-state index in [4.69, 9.17) is 4.74 Å². The molecule has 0 aromatic heterocycles. The zero-order valence-corrected chi connectivity index (χ0v) is 14.8. The number of hydrogen-bond acceptors (Lipinski definition) is 2. The standard InChI is InChI=1S/C20H29N3O/c1-15-9-11-16(12-10-15)19-17(6-5-13-24-19)14-22-20(21-2)23-18-7-3-4-8-18/h3-4,9-12,17-19H,5-8,13-14H2,1-2H3,(H2,21,22,23). The van der Waals surface area contributed by atoms with Crippen molar-refractivity contribution in [1.82, 2.24) is 10.6 Å². The maximum Gasteiger partial charge on any atom is 0.191 e. The molecule has 0 amide bonds. The van der Waals surface area contributed by atoms with Gasteiger partial charge in [-0.3, -0.25) is 4.99 Å². The number of aliphatic imine (C=N–C) groups is 1. The highest BCUT2D eigenvalue weighted by Gasteiger charge is 2.27. The van der Waals surface area contributed by atoms with E-state index in [0.29, 0.717) is 12.0 Å². The van der Waals surface area contributed by atoms with Gasteiger partial charge < -0.3 is 15.4 Å². The smallest absolute Gasteiger partial charge is 0.191 e. The van der Waals surface area contributed by atoms with Gasteiger partial charge in [0.2, 0.25) is 0 Å². The number of benzene rings is 1. The lowest BCUT2D eigenvalue weighted by Crippen LogP contribution is -2.45. The second kappa shape index (κ2) is 8.34. The average Bonchev–Trinajstić information content (AvgIpc) is 3.13. The van der Waals surface area contributed by atoms with Crippen LogP contribution in [0.5, 0.6) is 0 Å². The molecule has 1 aromatic carbocycles. The third-order valence-electron chi connectivity index (χ3n) is 4.95. The Morgan fingerprint density at radius 2 is 1.96 bits per heavy atom. The maximum atomic E-state index is 6.11. The SMILES string of the molecule is CN=C(NCC1CCCOC1c1ccc(C)cc1)NC1CC=CC1. The summed E-state index contributed by atoms with van der Waals surface area (Å²) in [6, 6.07) is 9.23. The molecule has 2 unspecified atom stereocenters. The summed E-state index contributed by atoms with van der Waals surface area (Å²) in [5.41, 5.74) is 2.58. The number of ether oxygens (including phenoxy) is 1. The number of aryl methyl sites for hydroxylation is 1. The third kappa shape index (κ3) is 4.38. The molecule has 0 saturated carbocycles. The van der Waals surface area contributed by atoms with Gasteiger partial charge in [-0.1, -0.05) is 42.0 Å². The number of nitrogens with one attached hydrogen (secondary N) is 2. The molecule has 130 valence electrons. The third-order valence-corrected chi connectivity index (χ3v) is 4.95. The van der Waals surface area contributed by atoms with Gasteiger partial charge in [-0.15, -0.1) is 0 Å². The Bertz CT molecular complexity index is 571. The van der Waals surface area contributed by atoms with Crippen LogP contribution in [0, 0.1) is 12.8 Å². The van der Waals surface area contributed by atoms with Crippen molar-refractivity contribution in [2.24, 2.45) is 10.9 Å². The molecule has 1 aliphatic carbocycles. The summed E-state index contributed by atoms with van der Waals surface area (Å²) in [7, 11) is 1.84. The Morgan fingerprint density at radius 1 is 1.21 bits per heavy atom. The predicted molar refractivity (Wildman–Crippen MR) is 99.3 cm³/mol. The van der Waals surface area contributed by atoms with E-state index in [1.165, 1.54) is 17.5 Å². The topological polar surface area (TPSA) is 45.7 Å². The van der Waals surface area contributed by atoms with Crippen molar-refractivity contribution < 1.29 is 4.74 Å². The Labute approximate surface area is 145 Å². The highest BCUT2D eigenvalue weighted by atomic mass is 16.5. The van der Waals surface area contributed by atoms with Crippen LogP contribution in [0.3, 0.4) is 0 Å². The van der Waals surface area contributed by atoms with E-state index in [0.717, 1.165) is 38.4 Å². The fraction of sp³-hybridized carbons (Fsp3) is 0.550. The van der Waals surface area contributed by atoms with Gasteiger partial charge in [0.1, 0.15) is 0 Å². The van der Waals surface area contributed by atoms with Crippen LogP contribution in [0.25, 0.3) is 0 Å². The first-order valence-corrected chi connectivity index (χ1v) is 9.06. The second-order valence-electron chi connectivity index (χ2n) is 6.84. The lowest BCUT2D eigenvalue weighted by molar-refractivity contribution is -0.0265. The molecular weight excluding hydrogens is 298 g/mol. The molecule has 3 rings (SSSR count). The first kappa shape index (κ1) is 17.0. The van der Waals surface area contributed by atoms with Crippen LogP contribution in [0.2, 0.25) is 0 Å². The van der Waals surface area contributed by atoms with Crippen molar-refractivity contribution in [3.05, 3.63) is 47.5 Å². The van der Waals surface area contributed by atoms with Crippen LogP contribution < -0.4 is 10.6 Å². The molecule has 4 nitrogen and oxygen atoms in total. The minimum absolute atomic E-state index is 0.179. The van der Waals surface area contributed by atoms with Crippen LogP contribution in [0.1, 0.15) is 42.9 Å². The van der Waals surface area contributed by atoms with Gasteiger partial charge in [-0.2, -0.15) is 0 Å². The summed E-state index contributed by atoms with van der Waals surface area (Å²) in [5, 5.41) is 7.01. The van der Waals surface area contributed by atoms with E-state index in [1.807, 2.05) is 7.05 Å². The van der Waals surface area contributed by atoms with Crippen LogP contribution in [0.4, 0.5) is 0 Å². The van der Waals surface area contributed by atoms with Crippen LogP contribution in [-0.2, 0) is 4.74 Å². The molecule has 1 aromatic rings. The predicted octanol–water partition coefficient (Wildman–Crippen LogP) is 3.35. The van der Waals surface area contributed by atoms with Gasteiger partial charge in [0, 0.05) is 32.2 Å². The quantitative estimate of drug-likeness (QED) is 0.506. The number of rotatable bonds is 4. The summed E-state index contributed by atoms with van der Waals surface area (Å²) in [5.74, 6) is 1.37. The van der Waals surface area contributed by atoms with Crippen molar-refractivity contribution in [2.45, 2.75) is 44.8 Å². The highest BCUT2D eigenvalue weighted by Crippen LogP contribution is 2.33. The summed E-state index contributed by atoms with van der Waals surface area (Å²) in [4.78, 5) is 4.37. The lowest BCUT2D eigenvalue weighted by Gasteiger charge is -2.33. The molecule has 4 heteroatoms. The Kier molecular flexibility index (Phi) is 5.91. The summed E-state index contributed by atoms with van der Waals surface area (Å²) < 4.78 is 6.11. The highest BCUT2D eigenvalue weighted by molar-refractivity contribution is 5.80. The second-order valence-corrected chi connectivity index (χ2v) is 6.84. The minimum atomic E-state index is 0.179. The molecule has 1 aliphatic heterocycles. The van der Waals surface area contributed by atoms with Gasteiger partial charge in [0.15, 0.2) is 5.96 Å². The average molecular weight is 327 g/mol. The molecule has 2 N–H and O–H groups in total. The van der Waals surface area contributed by atoms with Gasteiger partial charge >= 0.3 is 0 Å². The summed E-state index contributed by atoms with van der Waals surface area (Å²) in [6.45, 7) is 3.87. The van der Waals surface area contributed by atoms with E-state index in [2.05, 4.69) is 59.0 Å². The van der Waals surface area contributed by atoms with Crippen molar-refractivity contribution >= 4 is 5.96 Å². The van der Waals surface area contributed by atoms with Crippen molar-refractivity contribution in [3.63, 3.8) is 0 Å². The van der Waals surface area contributed by atoms with Crippen LogP contribution in [-0.4, -0.2) is 32.2 Å². The van der Waals surface area contributed by atoms with Crippen LogP contribution >= 0.6 is 0 Å². The Balaban J connectivity index is 1.57. The molecule has 1 heterocycles. The zero-order chi connectivity index (χ0) is 16.8. The van der Waals surface area contributed by atoms with E-state index < -0.39 is 0 Å². The monoisotopic (exact) mass is 327 g/mol. The van der Waals surface area contributed by atoms with E-state index in [9.17, 15) is 0 Å². The normalized spacial score (nSPS) is 25.0. The van der Waals surface area contributed by atoms with Crippen molar-refractivity contribution in [3.8, 4) is 0 Å². The molecule has 1 fully saturated rings. The molecule has 0 radical (unpaired) electrons. The molecule has 0 bridgehead atoms.